The third-order valence-electron chi connectivity index (χ3n) is 17.5. The number of aliphatic hydroxyl groups excluding tert-OH is 9. The van der Waals surface area contributed by atoms with Crippen LogP contribution in [-0.2, 0) is 89.7 Å². The number of hydrogen-bond acceptors (Lipinski definition) is 30. The van der Waals surface area contributed by atoms with E-state index in [1.165, 1.54) is 18.1 Å². The Morgan fingerprint density at radius 2 is 1.24 bits per heavy atom. The van der Waals surface area contributed by atoms with Crippen molar-refractivity contribution >= 4 is 43.6 Å². The van der Waals surface area contributed by atoms with E-state index >= 15 is 0 Å². The molecule has 4 amide bonds. The van der Waals surface area contributed by atoms with Gasteiger partial charge in [0.05, 0.1) is 32.5 Å². The first kappa shape index (κ1) is 87.3. The van der Waals surface area contributed by atoms with Crippen LogP contribution in [0.1, 0.15) is 114 Å². The van der Waals surface area contributed by atoms with Gasteiger partial charge in [0.25, 0.3) is 0 Å². The summed E-state index contributed by atoms with van der Waals surface area (Å²) in [5.74, 6) is -6.94. The van der Waals surface area contributed by atoms with Crippen molar-refractivity contribution in [2.45, 2.75) is 273 Å². The zero-order valence-electron chi connectivity index (χ0n) is 58.4. The van der Waals surface area contributed by atoms with Crippen molar-refractivity contribution in [1.29, 1.82) is 0 Å². The summed E-state index contributed by atoms with van der Waals surface area (Å²) in [6, 6.07) is -3.94. The Balaban J connectivity index is 1.41. The Hall–Kier alpha value is -5.37. The molecule has 582 valence electrons. The molecule has 5 saturated heterocycles. The lowest BCUT2D eigenvalue weighted by atomic mass is 9.85. The number of hydrogen-bond donors (Lipinski definition) is 17. The lowest BCUT2D eigenvalue weighted by Crippen LogP contribution is -2.72. The number of amides is 4. The molecule has 38 heteroatoms. The van der Waals surface area contributed by atoms with Gasteiger partial charge in [-0.15, -0.1) is 0 Å². The van der Waals surface area contributed by atoms with E-state index in [0.717, 1.165) is 64.0 Å². The van der Waals surface area contributed by atoms with Gasteiger partial charge in [0, 0.05) is 13.8 Å². The van der Waals surface area contributed by atoms with Gasteiger partial charge in [0.15, 0.2) is 62.0 Å². The van der Waals surface area contributed by atoms with Crippen LogP contribution in [-0.4, -0.2) is 287 Å². The van der Waals surface area contributed by atoms with Crippen LogP contribution in [0.4, 0.5) is 4.79 Å². The molecule has 5 heterocycles. The Morgan fingerprint density at radius 3 is 1.81 bits per heavy atom. The molecule has 0 spiro atoms. The quantitative estimate of drug-likeness (QED) is 0.0234. The first-order valence-corrected chi connectivity index (χ1v) is 34.4. The first-order valence-electron chi connectivity index (χ1n) is 33.0. The van der Waals surface area contributed by atoms with Crippen LogP contribution < -0.4 is 22.1 Å². The third-order valence-corrected chi connectivity index (χ3v) is 18.4. The average molecular weight is 1490 g/mol. The highest BCUT2D eigenvalue weighted by atomic mass is 31.2. The Bertz CT molecular complexity index is 3000. The van der Waals surface area contributed by atoms with Gasteiger partial charge in [0.2, 0.25) is 17.7 Å². The number of primary amides is 2. The molecule has 1 unspecified atom stereocenters. The summed E-state index contributed by atoms with van der Waals surface area (Å²) in [6.07, 6.45) is -34.5. The normalized spacial score (nSPS) is 36.4. The topological polar surface area (TPSA) is 579 Å². The number of phosphoric ester groups is 1. The minimum absolute atomic E-state index is 0.140. The number of carboxylic acids is 2. The van der Waals surface area contributed by atoms with Crippen molar-refractivity contribution in [3.05, 3.63) is 59.3 Å². The minimum atomic E-state index is -5.83. The molecule has 0 saturated carbocycles. The fraction of sp³-hybridized carbons (Fsp3) is 0.750. The molecular formula is C64H103N4O33P. The van der Waals surface area contributed by atoms with E-state index in [-0.39, 0.29) is 12.0 Å². The van der Waals surface area contributed by atoms with Crippen molar-refractivity contribution in [1.82, 2.24) is 10.6 Å². The largest absolute Gasteiger partial charge is 0.479 e. The summed E-state index contributed by atoms with van der Waals surface area (Å²) in [4.78, 5) is 87.5. The number of aliphatic carboxylic acids is 2. The lowest BCUT2D eigenvalue weighted by Gasteiger charge is -2.52. The van der Waals surface area contributed by atoms with Crippen LogP contribution in [0.2, 0.25) is 0 Å². The van der Waals surface area contributed by atoms with Crippen LogP contribution in [0.5, 0.6) is 0 Å². The third kappa shape index (κ3) is 24.6. The molecule has 0 bridgehead atoms. The zero-order valence-corrected chi connectivity index (χ0v) is 59.3. The fourth-order valence-corrected chi connectivity index (χ4v) is 12.5. The molecule has 27 atom stereocenters. The molecular weight excluding hydrogens is 1380 g/mol. The Morgan fingerprint density at radius 1 is 0.676 bits per heavy atom. The molecule has 0 aliphatic carbocycles. The predicted molar refractivity (Wildman–Crippen MR) is 347 cm³/mol. The number of allylic oxidation sites excluding steroid dienone is 8. The second-order valence-corrected chi connectivity index (χ2v) is 28.4. The van der Waals surface area contributed by atoms with Gasteiger partial charge in [-0.2, -0.15) is 0 Å². The van der Waals surface area contributed by atoms with Gasteiger partial charge in [-0.1, -0.05) is 73.1 Å². The number of carbonyl (C=O) groups is 6. The second-order valence-electron chi connectivity index (χ2n) is 27.0. The SMILES string of the molecule is C=C(C/C=C(\C)CCC=C(C)C)CCC(C)(C)/C=C/CC/C(C)=C\CO[C@@H](COP(=O)(O)O[C@H]1O[C@H](C(N)=O)[C@@](C)(O)[C@H](OC(N)=O)[C@H]1O[C@@H]1O[C@H](CO[C@@H]2O[C@H](CO)[C@@H](O)[C@H](O)[C@H]2O)[C@@H](O[C@@H]2O[C@H](C)[C@@H](O[C@@H]3O[C@H](C(=O)O)[C@H](O)[C@H](O)[C@H]3O)[C@H](O)[C@H]2NC(C)=O)[C@H](O)[C@H]1NC(C)=O)C(=O)O. The van der Waals surface area contributed by atoms with E-state index < -0.39 is 222 Å². The number of carbonyl (C=O) groups excluding carboxylic acids is 4. The smallest absolute Gasteiger partial charge is 0.474 e. The first-order chi connectivity index (χ1) is 47.5. The van der Waals surface area contributed by atoms with Gasteiger partial charge in [0.1, 0.15) is 90.9 Å². The molecule has 37 nitrogen and oxygen atoms in total. The monoisotopic (exact) mass is 1490 g/mol. The highest BCUT2D eigenvalue weighted by Gasteiger charge is 2.62. The molecule has 5 rings (SSSR count). The van der Waals surface area contributed by atoms with Crippen molar-refractivity contribution in [3.63, 3.8) is 0 Å². The van der Waals surface area contributed by atoms with Gasteiger partial charge in [-0.25, -0.2) is 18.9 Å². The maximum atomic E-state index is 14.0. The molecule has 0 radical (unpaired) electrons. The van der Waals surface area contributed by atoms with Crippen LogP contribution in [0, 0.1) is 5.41 Å². The van der Waals surface area contributed by atoms with E-state index in [1.54, 1.807) is 13.0 Å². The van der Waals surface area contributed by atoms with Gasteiger partial charge in [-0.05, 0) is 91.9 Å². The molecule has 0 aromatic carbocycles. The van der Waals surface area contributed by atoms with E-state index in [0.29, 0.717) is 12.8 Å². The molecule has 5 aliphatic rings. The summed E-state index contributed by atoms with van der Waals surface area (Å²) in [7, 11) is -5.83. The van der Waals surface area contributed by atoms with Crippen molar-refractivity contribution in [2.75, 3.05) is 26.4 Å². The number of nitrogens with one attached hydrogen (secondary N) is 2. The van der Waals surface area contributed by atoms with Crippen LogP contribution >= 0.6 is 7.82 Å². The van der Waals surface area contributed by atoms with Crippen LogP contribution in [0.15, 0.2) is 59.3 Å². The average Bonchev–Trinajstić information content (AvgIpc) is 0.750. The summed E-state index contributed by atoms with van der Waals surface area (Å²) < 4.78 is 88.0. The predicted octanol–water partition coefficient (Wildman–Crippen LogP) is -2.19. The van der Waals surface area contributed by atoms with Crippen molar-refractivity contribution in [2.24, 2.45) is 16.9 Å². The van der Waals surface area contributed by atoms with Crippen molar-refractivity contribution < 1.29 is 161 Å². The maximum Gasteiger partial charge on any atom is 0.474 e. The minimum Gasteiger partial charge on any atom is -0.479 e. The number of nitrogens with two attached hydrogens (primary N) is 2. The van der Waals surface area contributed by atoms with E-state index in [9.17, 15) is 99.5 Å². The molecule has 102 heavy (non-hydrogen) atoms. The van der Waals surface area contributed by atoms with Gasteiger partial charge in [-0.3, -0.25) is 23.4 Å². The number of phosphoric acid groups is 1. The zero-order chi connectivity index (χ0) is 76.6. The van der Waals surface area contributed by atoms with Crippen molar-refractivity contribution in [3.8, 4) is 0 Å². The summed E-state index contributed by atoms with van der Waals surface area (Å²) >= 11 is 0. The highest BCUT2D eigenvalue weighted by Crippen LogP contribution is 2.49. The lowest BCUT2D eigenvalue weighted by molar-refractivity contribution is -0.375. The van der Waals surface area contributed by atoms with Gasteiger partial charge < -0.3 is 140 Å². The molecule has 19 N–H and O–H groups in total. The Kier molecular flexibility index (Phi) is 33.2. The van der Waals surface area contributed by atoms with Crippen LogP contribution in [0.3, 0.4) is 0 Å². The molecule has 0 aromatic rings. The fourth-order valence-electron chi connectivity index (χ4n) is 11.7. The standard InChI is InChI=1S/C64H103N4O33P/c1-28(2)15-14-17-29(3)18-19-31(5)20-23-63(9,10)22-13-12-16-30(4)21-24-89-37(55(81)82)27-91-102(87,88)101-61-51(52(100-62(66)85)64(11,86)53(99-61)54(65)80)98-58-39(68-34(8)71)42(74)49(36(94-58)26-90-59-46(78)43(75)40(72)35(25-69)93-59)96-57-38(67-33(7)70)41(73)48(32(6)92-57)95-60-47(79)44(76)45(77)50(97-60)56(83)84/h13,15,18,21-22,32,35-53,57-61,69,72-79,86H,5,12,14,16-17,19-20,23-27H2,1-4,6-11H3,(H2,65,80)(H2,66,85)(H,67,70)(H,68,71)(H,81,82)(H,83,84)(H,87,88)/b22-13+,29-18+,30-21-/t32-,35-,36-,37+,38-,39-,40-,41-,42-,43+,44+,45-,46-,47-,48-,49-,50+,51-,52-,53-,57+,58+,59-,60-,61-,64+/m1/s1. The maximum absolute atomic E-state index is 14.0. The van der Waals surface area contributed by atoms with Gasteiger partial charge >= 0.3 is 25.9 Å². The summed E-state index contributed by atoms with van der Waals surface area (Å²) in [5, 5.41) is 135. The van der Waals surface area contributed by atoms with E-state index in [1.807, 2.05) is 6.08 Å². The van der Waals surface area contributed by atoms with E-state index in [4.69, 9.17) is 72.6 Å². The number of ether oxygens (including phenoxy) is 11. The summed E-state index contributed by atoms with van der Waals surface area (Å²) in [6.45, 7) is 16.9. The highest BCUT2D eigenvalue weighted by molar-refractivity contribution is 7.47. The Labute approximate surface area is 588 Å². The van der Waals surface area contributed by atoms with Crippen LogP contribution in [0.25, 0.3) is 0 Å². The number of rotatable bonds is 36. The second kappa shape index (κ2) is 38.8. The molecule has 0 aromatic heterocycles. The number of aliphatic hydroxyl groups is 10. The number of carboxylic acid groups (broad SMARTS) is 2. The molecule has 5 fully saturated rings. The summed E-state index contributed by atoms with van der Waals surface area (Å²) in [5.41, 5.74) is 12.5. The van der Waals surface area contributed by atoms with E-state index in [2.05, 4.69) is 70.1 Å². The molecule has 5 aliphatic heterocycles.